The van der Waals surface area contributed by atoms with Crippen LogP contribution in [-0.4, -0.2) is 24.0 Å². The van der Waals surface area contributed by atoms with Gasteiger partial charge in [-0.25, -0.2) is 0 Å². The summed E-state index contributed by atoms with van der Waals surface area (Å²) in [6.07, 6.45) is 0. The van der Waals surface area contributed by atoms with Crippen molar-refractivity contribution >= 4 is 23.0 Å². The number of nitro groups is 1. The number of benzene rings is 2. The second-order valence-corrected chi connectivity index (χ2v) is 5.82. The Morgan fingerprint density at radius 2 is 1.88 bits per heavy atom. The minimum Gasteiger partial charge on any atom is -0.494 e. The van der Waals surface area contributed by atoms with E-state index in [0.29, 0.717) is 5.69 Å². The van der Waals surface area contributed by atoms with Crippen molar-refractivity contribution in [2.24, 2.45) is 0 Å². The van der Waals surface area contributed by atoms with Gasteiger partial charge in [0.05, 0.1) is 23.8 Å². The van der Waals surface area contributed by atoms with Crippen molar-refractivity contribution in [3.63, 3.8) is 0 Å². The van der Waals surface area contributed by atoms with E-state index in [2.05, 4.69) is 10.6 Å². The van der Waals surface area contributed by atoms with Gasteiger partial charge in [-0.3, -0.25) is 14.9 Å². The maximum atomic E-state index is 12.4. The number of hydrogen-bond donors (Lipinski definition) is 2. The van der Waals surface area contributed by atoms with Crippen molar-refractivity contribution in [1.82, 2.24) is 0 Å². The first-order valence-electron chi connectivity index (χ1n) is 7.79. The Morgan fingerprint density at radius 3 is 2.52 bits per heavy atom. The van der Waals surface area contributed by atoms with Gasteiger partial charge in [-0.2, -0.15) is 0 Å². The second-order valence-electron chi connectivity index (χ2n) is 5.82. The summed E-state index contributed by atoms with van der Waals surface area (Å²) in [5, 5.41) is 16.7. The molecule has 0 aliphatic rings. The predicted octanol–water partition coefficient (Wildman–Crippen LogP) is 3.66. The average molecular weight is 343 g/mol. The van der Waals surface area contributed by atoms with E-state index in [1.54, 1.807) is 6.92 Å². The van der Waals surface area contributed by atoms with E-state index in [1.165, 1.54) is 25.3 Å². The van der Waals surface area contributed by atoms with E-state index in [1.807, 2.05) is 32.0 Å². The van der Waals surface area contributed by atoms with Crippen LogP contribution in [0.2, 0.25) is 0 Å². The number of carbonyl (C=O) groups excluding carboxylic acids is 1. The lowest BCUT2D eigenvalue weighted by molar-refractivity contribution is -0.384. The van der Waals surface area contributed by atoms with Crippen LogP contribution in [0.5, 0.6) is 5.75 Å². The van der Waals surface area contributed by atoms with Crippen LogP contribution >= 0.6 is 0 Å². The summed E-state index contributed by atoms with van der Waals surface area (Å²) in [7, 11) is 1.40. The molecule has 0 saturated carbocycles. The third-order valence-corrected chi connectivity index (χ3v) is 3.81. The van der Waals surface area contributed by atoms with Gasteiger partial charge in [0.15, 0.2) is 0 Å². The molecule has 132 valence electrons. The monoisotopic (exact) mass is 343 g/mol. The lowest BCUT2D eigenvalue weighted by atomic mass is 10.1. The Kier molecular flexibility index (Phi) is 5.59. The zero-order valence-electron chi connectivity index (χ0n) is 14.6. The second kappa shape index (κ2) is 7.65. The molecule has 0 aliphatic carbocycles. The van der Waals surface area contributed by atoms with Crippen molar-refractivity contribution in [3.8, 4) is 5.75 Å². The largest absolute Gasteiger partial charge is 0.494 e. The molecule has 0 saturated heterocycles. The van der Waals surface area contributed by atoms with Crippen molar-refractivity contribution in [2.45, 2.75) is 26.8 Å². The summed E-state index contributed by atoms with van der Waals surface area (Å²) in [4.78, 5) is 22.7. The molecule has 0 fully saturated rings. The molecule has 1 atom stereocenters. The van der Waals surface area contributed by atoms with Gasteiger partial charge in [-0.1, -0.05) is 12.1 Å². The molecule has 0 bridgehead atoms. The molecular formula is C18H21N3O4. The minimum atomic E-state index is -0.515. The lowest BCUT2D eigenvalue weighted by Crippen LogP contribution is -2.32. The lowest BCUT2D eigenvalue weighted by Gasteiger charge is -2.18. The summed E-state index contributed by atoms with van der Waals surface area (Å²) in [5.74, 6) is -0.0328. The fourth-order valence-corrected chi connectivity index (χ4v) is 2.33. The van der Waals surface area contributed by atoms with Crippen LogP contribution in [0, 0.1) is 24.0 Å². The highest BCUT2D eigenvalue weighted by atomic mass is 16.6. The Hall–Kier alpha value is -3.09. The first-order chi connectivity index (χ1) is 11.8. The van der Waals surface area contributed by atoms with Crippen LogP contribution in [0.3, 0.4) is 0 Å². The SMILES string of the molecule is COc1cc([N+](=O)[O-])ccc1NC(=O)[C@H](C)Nc1cc(C)ccc1C. The van der Waals surface area contributed by atoms with Gasteiger partial charge in [-0.15, -0.1) is 0 Å². The molecule has 7 nitrogen and oxygen atoms in total. The van der Waals surface area contributed by atoms with Gasteiger partial charge >= 0.3 is 0 Å². The standard InChI is InChI=1S/C18H21N3O4/c1-11-5-6-12(2)16(9-11)19-13(3)18(22)20-15-8-7-14(21(23)24)10-17(15)25-4/h5-10,13,19H,1-4H3,(H,20,22)/t13-/m0/s1. The van der Waals surface area contributed by atoms with E-state index < -0.39 is 11.0 Å². The number of anilines is 2. The highest BCUT2D eigenvalue weighted by Gasteiger charge is 2.17. The van der Waals surface area contributed by atoms with Gasteiger partial charge in [0.1, 0.15) is 11.8 Å². The molecular weight excluding hydrogens is 322 g/mol. The maximum absolute atomic E-state index is 12.4. The highest BCUT2D eigenvalue weighted by Crippen LogP contribution is 2.29. The molecule has 0 unspecified atom stereocenters. The maximum Gasteiger partial charge on any atom is 0.273 e. The van der Waals surface area contributed by atoms with Gasteiger partial charge in [0.2, 0.25) is 5.91 Å². The molecule has 0 radical (unpaired) electrons. The quantitative estimate of drug-likeness (QED) is 0.617. The molecule has 0 aromatic heterocycles. The third kappa shape index (κ3) is 4.47. The summed E-state index contributed by atoms with van der Waals surface area (Å²) in [6.45, 7) is 5.69. The fourth-order valence-electron chi connectivity index (χ4n) is 2.33. The minimum absolute atomic E-state index is 0.101. The molecule has 25 heavy (non-hydrogen) atoms. The molecule has 7 heteroatoms. The van der Waals surface area contributed by atoms with Gasteiger partial charge in [0.25, 0.3) is 5.69 Å². The van der Waals surface area contributed by atoms with Gasteiger partial charge in [-0.05, 0) is 44.0 Å². The third-order valence-electron chi connectivity index (χ3n) is 3.81. The number of nitrogens with one attached hydrogen (secondary N) is 2. The van der Waals surface area contributed by atoms with E-state index in [4.69, 9.17) is 4.74 Å². The Labute approximate surface area is 146 Å². The number of aryl methyl sites for hydroxylation is 2. The van der Waals surface area contributed by atoms with Crippen LogP contribution in [0.4, 0.5) is 17.1 Å². The van der Waals surface area contributed by atoms with E-state index in [9.17, 15) is 14.9 Å². The van der Waals surface area contributed by atoms with Crippen molar-refractivity contribution in [2.75, 3.05) is 17.7 Å². The smallest absolute Gasteiger partial charge is 0.273 e. The molecule has 2 N–H and O–H groups in total. The first-order valence-corrected chi connectivity index (χ1v) is 7.79. The van der Waals surface area contributed by atoms with Crippen molar-refractivity contribution in [1.29, 1.82) is 0 Å². The number of amides is 1. The molecule has 0 spiro atoms. The number of nitro benzene ring substituents is 1. The van der Waals surface area contributed by atoms with Gasteiger partial charge in [0, 0.05) is 11.8 Å². The summed E-state index contributed by atoms with van der Waals surface area (Å²) < 4.78 is 5.13. The summed E-state index contributed by atoms with van der Waals surface area (Å²) in [6, 6.07) is 9.53. The van der Waals surface area contributed by atoms with Crippen LogP contribution in [-0.2, 0) is 4.79 Å². The number of carbonyl (C=O) groups is 1. The molecule has 1 amide bonds. The average Bonchev–Trinajstić information content (AvgIpc) is 2.58. The normalized spacial score (nSPS) is 11.5. The van der Waals surface area contributed by atoms with E-state index in [0.717, 1.165) is 16.8 Å². The number of rotatable bonds is 6. The summed E-state index contributed by atoms with van der Waals surface area (Å²) in [5.41, 5.74) is 3.30. The molecule has 2 aromatic carbocycles. The first kappa shape index (κ1) is 18.3. The molecule has 0 aliphatic heterocycles. The fraction of sp³-hybridized carbons (Fsp3) is 0.278. The number of non-ortho nitro benzene ring substituents is 1. The Bertz CT molecular complexity index is 805. The summed E-state index contributed by atoms with van der Waals surface area (Å²) >= 11 is 0. The topological polar surface area (TPSA) is 93.5 Å². The van der Waals surface area contributed by atoms with Crippen LogP contribution in [0.25, 0.3) is 0 Å². The zero-order chi connectivity index (χ0) is 18.6. The van der Waals surface area contributed by atoms with E-state index >= 15 is 0 Å². The number of methoxy groups -OCH3 is 1. The Balaban J connectivity index is 2.13. The van der Waals surface area contributed by atoms with E-state index in [-0.39, 0.29) is 17.3 Å². The van der Waals surface area contributed by atoms with Crippen LogP contribution in [0.15, 0.2) is 36.4 Å². The zero-order valence-corrected chi connectivity index (χ0v) is 14.6. The number of nitrogens with zero attached hydrogens (tertiary/aromatic N) is 1. The molecule has 0 heterocycles. The highest BCUT2D eigenvalue weighted by molar-refractivity contribution is 5.97. The number of ether oxygens (including phenoxy) is 1. The number of hydrogen-bond acceptors (Lipinski definition) is 5. The Morgan fingerprint density at radius 1 is 1.16 bits per heavy atom. The molecule has 2 aromatic rings. The van der Waals surface area contributed by atoms with Gasteiger partial charge < -0.3 is 15.4 Å². The molecule has 2 rings (SSSR count). The van der Waals surface area contributed by atoms with Crippen molar-refractivity contribution in [3.05, 3.63) is 57.6 Å². The van der Waals surface area contributed by atoms with Crippen molar-refractivity contribution < 1.29 is 14.5 Å². The van der Waals surface area contributed by atoms with Crippen LogP contribution < -0.4 is 15.4 Å². The predicted molar refractivity (Wildman–Crippen MR) is 97.3 cm³/mol. The van der Waals surface area contributed by atoms with Crippen LogP contribution in [0.1, 0.15) is 18.1 Å².